The zero-order valence-corrected chi connectivity index (χ0v) is 13.5. The second-order valence-corrected chi connectivity index (χ2v) is 5.43. The van der Waals surface area contributed by atoms with Crippen LogP contribution in [-0.4, -0.2) is 22.8 Å². The Labute approximate surface area is 140 Å². The average molecular weight is 321 g/mol. The molecule has 1 amide bonds. The van der Waals surface area contributed by atoms with E-state index >= 15 is 0 Å². The molecule has 1 N–H and O–H groups in total. The molecule has 0 saturated carbocycles. The predicted molar refractivity (Wildman–Crippen MR) is 93.1 cm³/mol. The Balaban J connectivity index is 1.67. The average Bonchev–Trinajstić information content (AvgIpc) is 3.10. The van der Waals surface area contributed by atoms with E-state index in [2.05, 4.69) is 10.4 Å². The number of rotatable bonds is 6. The van der Waals surface area contributed by atoms with E-state index in [-0.39, 0.29) is 5.91 Å². The lowest BCUT2D eigenvalue weighted by Gasteiger charge is -2.11. The Bertz CT molecular complexity index is 796. The number of nitrogens with zero attached hydrogens (tertiary/aromatic N) is 2. The van der Waals surface area contributed by atoms with Gasteiger partial charge in [-0.15, -0.1) is 0 Å². The molecule has 0 bridgehead atoms. The molecule has 0 aliphatic carbocycles. The minimum absolute atomic E-state index is 0.0481. The molecule has 3 rings (SSSR count). The Morgan fingerprint density at radius 2 is 1.92 bits per heavy atom. The number of benzene rings is 2. The summed E-state index contributed by atoms with van der Waals surface area (Å²) in [7, 11) is 1.62. The van der Waals surface area contributed by atoms with Crippen LogP contribution in [0.2, 0.25) is 0 Å². The highest BCUT2D eigenvalue weighted by Gasteiger charge is 2.08. The van der Waals surface area contributed by atoms with Crippen LogP contribution in [0.25, 0.3) is 0 Å². The van der Waals surface area contributed by atoms with Gasteiger partial charge in [-0.05, 0) is 35.4 Å². The summed E-state index contributed by atoms with van der Waals surface area (Å²) in [6.07, 6.45) is 3.96. The number of hydrogen-bond acceptors (Lipinski definition) is 3. The molecule has 24 heavy (non-hydrogen) atoms. The molecule has 0 fully saturated rings. The maximum Gasteiger partial charge on any atom is 0.228 e. The van der Waals surface area contributed by atoms with Gasteiger partial charge in [-0.25, -0.2) is 0 Å². The van der Waals surface area contributed by atoms with Crippen molar-refractivity contribution in [1.29, 1.82) is 0 Å². The van der Waals surface area contributed by atoms with Gasteiger partial charge >= 0.3 is 0 Å². The summed E-state index contributed by atoms with van der Waals surface area (Å²) in [6.45, 7) is 0.617. The van der Waals surface area contributed by atoms with E-state index in [1.165, 1.54) is 0 Å². The van der Waals surface area contributed by atoms with Crippen LogP contribution in [0.1, 0.15) is 11.1 Å². The second kappa shape index (κ2) is 7.46. The van der Waals surface area contributed by atoms with E-state index in [0.29, 0.717) is 13.0 Å². The summed E-state index contributed by atoms with van der Waals surface area (Å²) in [5, 5.41) is 7.20. The van der Waals surface area contributed by atoms with Crippen LogP contribution in [0.5, 0.6) is 5.75 Å². The summed E-state index contributed by atoms with van der Waals surface area (Å²) < 4.78 is 6.95. The maximum absolute atomic E-state index is 12.3. The summed E-state index contributed by atoms with van der Waals surface area (Å²) in [5.41, 5.74) is 2.77. The first-order chi connectivity index (χ1) is 11.7. The lowest BCUT2D eigenvalue weighted by molar-refractivity contribution is -0.115. The number of amides is 1. The van der Waals surface area contributed by atoms with Crippen molar-refractivity contribution >= 4 is 11.6 Å². The molecule has 0 unspecified atom stereocenters. The van der Waals surface area contributed by atoms with Gasteiger partial charge < -0.3 is 10.1 Å². The van der Waals surface area contributed by atoms with Crippen molar-refractivity contribution in [2.75, 3.05) is 12.4 Å². The molecule has 0 atom stereocenters. The van der Waals surface area contributed by atoms with Gasteiger partial charge in [0.25, 0.3) is 0 Å². The van der Waals surface area contributed by atoms with Gasteiger partial charge in [0.2, 0.25) is 5.91 Å². The topological polar surface area (TPSA) is 56.1 Å². The van der Waals surface area contributed by atoms with Crippen LogP contribution < -0.4 is 10.1 Å². The van der Waals surface area contributed by atoms with Gasteiger partial charge in [0.05, 0.1) is 20.1 Å². The maximum atomic E-state index is 12.3. The number of nitrogens with one attached hydrogen (secondary N) is 1. The van der Waals surface area contributed by atoms with Crippen molar-refractivity contribution in [3.63, 3.8) is 0 Å². The highest BCUT2D eigenvalue weighted by atomic mass is 16.5. The number of para-hydroxylation sites is 1. The normalized spacial score (nSPS) is 10.4. The van der Waals surface area contributed by atoms with Crippen LogP contribution in [0.15, 0.2) is 67.0 Å². The van der Waals surface area contributed by atoms with Gasteiger partial charge in [-0.1, -0.05) is 30.3 Å². The molecule has 0 radical (unpaired) electrons. The first-order valence-electron chi connectivity index (χ1n) is 7.73. The zero-order valence-electron chi connectivity index (χ0n) is 13.5. The summed E-state index contributed by atoms with van der Waals surface area (Å²) >= 11 is 0. The van der Waals surface area contributed by atoms with Gasteiger partial charge in [-0.3, -0.25) is 9.48 Å². The SMILES string of the molecule is COc1ccc(CC(=O)Nc2ccccc2Cn2cccn2)cc1. The molecule has 5 heteroatoms. The van der Waals surface area contributed by atoms with Gasteiger partial charge in [0.15, 0.2) is 0 Å². The Morgan fingerprint density at radius 1 is 1.12 bits per heavy atom. The summed E-state index contributed by atoms with van der Waals surface area (Å²) in [5.74, 6) is 0.733. The van der Waals surface area contributed by atoms with E-state index in [4.69, 9.17) is 4.74 Å². The quantitative estimate of drug-likeness (QED) is 0.759. The first-order valence-corrected chi connectivity index (χ1v) is 7.73. The van der Waals surface area contributed by atoms with Gasteiger partial charge in [0.1, 0.15) is 5.75 Å². The number of methoxy groups -OCH3 is 1. The smallest absolute Gasteiger partial charge is 0.228 e. The van der Waals surface area contributed by atoms with Gasteiger partial charge in [0, 0.05) is 18.1 Å². The van der Waals surface area contributed by atoms with Crippen molar-refractivity contribution < 1.29 is 9.53 Å². The van der Waals surface area contributed by atoms with Crippen LogP contribution >= 0.6 is 0 Å². The molecule has 0 aliphatic rings. The standard InChI is InChI=1S/C19H19N3O2/c1-24-17-9-7-15(8-10-17)13-19(23)21-18-6-3-2-5-16(18)14-22-12-4-11-20-22/h2-12H,13-14H2,1H3,(H,21,23). The highest BCUT2D eigenvalue weighted by molar-refractivity contribution is 5.93. The molecule has 122 valence electrons. The molecule has 2 aromatic carbocycles. The first kappa shape index (κ1) is 15.8. The van der Waals surface area contributed by atoms with E-state index < -0.39 is 0 Å². The number of carbonyl (C=O) groups is 1. The molecule has 5 nitrogen and oxygen atoms in total. The van der Waals surface area contributed by atoms with Gasteiger partial charge in [-0.2, -0.15) is 5.10 Å². The van der Waals surface area contributed by atoms with E-state index in [9.17, 15) is 4.79 Å². The largest absolute Gasteiger partial charge is 0.497 e. The van der Waals surface area contributed by atoms with E-state index in [0.717, 1.165) is 22.6 Å². The second-order valence-electron chi connectivity index (χ2n) is 5.43. The molecule has 1 aromatic heterocycles. The van der Waals surface area contributed by atoms with Crippen molar-refractivity contribution in [1.82, 2.24) is 9.78 Å². The number of carbonyl (C=O) groups excluding carboxylic acids is 1. The molecule has 1 heterocycles. The number of hydrogen-bond donors (Lipinski definition) is 1. The van der Waals surface area contributed by atoms with Crippen LogP contribution in [-0.2, 0) is 17.8 Å². The molecular weight excluding hydrogens is 302 g/mol. The Kier molecular flexibility index (Phi) is 4.91. The minimum Gasteiger partial charge on any atom is -0.497 e. The van der Waals surface area contributed by atoms with Crippen molar-refractivity contribution in [3.8, 4) is 5.75 Å². The van der Waals surface area contributed by atoms with Crippen molar-refractivity contribution in [2.45, 2.75) is 13.0 Å². The Morgan fingerprint density at radius 3 is 2.62 bits per heavy atom. The van der Waals surface area contributed by atoms with Crippen LogP contribution in [0.3, 0.4) is 0 Å². The third-order valence-corrected chi connectivity index (χ3v) is 3.71. The lowest BCUT2D eigenvalue weighted by atomic mass is 10.1. The van der Waals surface area contributed by atoms with E-state index in [1.54, 1.807) is 13.3 Å². The fourth-order valence-corrected chi connectivity index (χ4v) is 2.47. The fraction of sp³-hybridized carbons (Fsp3) is 0.158. The third kappa shape index (κ3) is 4.01. The molecule has 3 aromatic rings. The number of aromatic nitrogens is 2. The van der Waals surface area contributed by atoms with E-state index in [1.807, 2.05) is 65.5 Å². The Hall–Kier alpha value is -3.08. The lowest BCUT2D eigenvalue weighted by Crippen LogP contribution is -2.16. The van der Waals surface area contributed by atoms with Crippen molar-refractivity contribution in [2.24, 2.45) is 0 Å². The highest BCUT2D eigenvalue weighted by Crippen LogP contribution is 2.17. The molecule has 0 saturated heterocycles. The monoisotopic (exact) mass is 321 g/mol. The molecule has 0 aliphatic heterocycles. The van der Waals surface area contributed by atoms with Crippen LogP contribution in [0, 0.1) is 0 Å². The summed E-state index contributed by atoms with van der Waals surface area (Å²) in [6, 6.07) is 17.2. The molecular formula is C19H19N3O2. The van der Waals surface area contributed by atoms with Crippen molar-refractivity contribution in [3.05, 3.63) is 78.1 Å². The molecule has 0 spiro atoms. The minimum atomic E-state index is -0.0481. The zero-order chi connectivity index (χ0) is 16.8. The number of ether oxygens (including phenoxy) is 1. The van der Waals surface area contributed by atoms with Crippen LogP contribution in [0.4, 0.5) is 5.69 Å². The number of anilines is 1. The predicted octanol–water partition coefficient (Wildman–Crippen LogP) is 3.12. The summed E-state index contributed by atoms with van der Waals surface area (Å²) in [4.78, 5) is 12.3. The fourth-order valence-electron chi connectivity index (χ4n) is 2.47. The third-order valence-electron chi connectivity index (χ3n) is 3.71.